The molecule has 1 saturated carbocycles. The molecule has 1 aliphatic rings. The highest BCUT2D eigenvalue weighted by Crippen LogP contribution is 2.29. The van der Waals surface area contributed by atoms with Crippen LogP contribution in [0.2, 0.25) is 0 Å². The number of nitrogens with two attached hydrogens (primary N) is 1. The Morgan fingerprint density at radius 2 is 2.13 bits per heavy atom. The number of hydrogen-bond acceptors (Lipinski definition) is 2. The monoisotopic (exact) mass is 224 g/mol. The lowest BCUT2D eigenvalue weighted by Crippen LogP contribution is -2.49. The Hall–Kier alpha value is -0.980. The average molecular weight is 224 g/mol. The second kappa shape index (κ2) is 4.69. The summed E-state index contributed by atoms with van der Waals surface area (Å²) in [5, 5.41) is 0. The van der Waals surface area contributed by atoms with E-state index in [0.717, 1.165) is 12.8 Å². The Bertz CT molecular complexity index is 235. The predicted octanol–water partition coefficient (Wildman–Crippen LogP) is 0.852. The smallest absolute Gasteiger partial charge is 0.330 e. The molecule has 0 spiro atoms. The SMILES string of the molecule is CCN=C(NN)N(CC(F)(F)F)C1CC1. The van der Waals surface area contributed by atoms with Crippen molar-refractivity contribution in [1.82, 2.24) is 10.3 Å². The second-order valence-corrected chi connectivity index (χ2v) is 3.42. The molecule has 0 aromatic carbocycles. The molecule has 1 fully saturated rings. The van der Waals surface area contributed by atoms with Crippen molar-refractivity contribution in [3.8, 4) is 0 Å². The molecule has 4 nitrogen and oxygen atoms in total. The zero-order valence-electron chi connectivity index (χ0n) is 8.51. The fourth-order valence-corrected chi connectivity index (χ4v) is 1.33. The fraction of sp³-hybridized carbons (Fsp3) is 0.875. The normalized spacial score (nSPS) is 17.8. The van der Waals surface area contributed by atoms with Gasteiger partial charge in [-0.25, -0.2) is 5.84 Å². The first-order valence-corrected chi connectivity index (χ1v) is 4.82. The Labute approximate surface area is 86.3 Å². The van der Waals surface area contributed by atoms with Crippen molar-refractivity contribution in [2.75, 3.05) is 13.1 Å². The van der Waals surface area contributed by atoms with E-state index < -0.39 is 12.7 Å². The quantitative estimate of drug-likeness (QED) is 0.323. The highest BCUT2D eigenvalue weighted by molar-refractivity contribution is 5.80. The topological polar surface area (TPSA) is 53.6 Å². The van der Waals surface area contributed by atoms with Gasteiger partial charge in [-0.15, -0.1) is 0 Å². The first-order chi connectivity index (χ1) is 6.98. The number of aliphatic imine (C=N–C) groups is 1. The minimum absolute atomic E-state index is 0.0759. The van der Waals surface area contributed by atoms with Gasteiger partial charge >= 0.3 is 6.18 Å². The molecule has 7 heteroatoms. The van der Waals surface area contributed by atoms with E-state index in [-0.39, 0.29) is 12.0 Å². The van der Waals surface area contributed by atoms with Crippen LogP contribution in [-0.2, 0) is 0 Å². The molecule has 0 radical (unpaired) electrons. The van der Waals surface area contributed by atoms with Gasteiger partial charge < -0.3 is 4.90 Å². The standard InChI is InChI=1S/C8H15F3N4/c1-2-13-7(14-12)15(6-3-4-6)5-8(9,10)11/h6H,2-5,12H2,1H3,(H,13,14). The third-order valence-electron chi connectivity index (χ3n) is 2.05. The van der Waals surface area contributed by atoms with Crippen LogP contribution < -0.4 is 11.3 Å². The van der Waals surface area contributed by atoms with Gasteiger partial charge in [0.2, 0.25) is 5.96 Å². The lowest BCUT2D eigenvalue weighted by atomic mass is 10.4. The van der Waals surface area contributed by atoms with E-state index in [0.29, 0.717) is 6.54 Å². The van der Waals surface area contributed by atoms with Gasteiger partial charge in [0.25, 0.3) is 0 Å². The molecule has 88 valence electrons. The molecule has 1 rings (SSSR count). The van der Waals surface area contributed by atoms with E-state index >= 15 is 0 Å². The van der Waals surface area contributed by atoms with Gasteiger partial charge in [-0.1, -0.05) is 0 Å². The van der Waals surface area contributed by atoms with Crippen LogP contribution in [0, 0.1) is 0 Å². The molecule has 1 aliphatic carbocycles. The van der Waals surface area contributed by atoms with Gasteiger partial charge in [0.1, 0.15) is 6.54 Å². The first-order valence-electron chi connectivity index (χ1n) is 4.82. The van der Waals surface area contributed by atoms with Gasteiger partial charge in [-0.3, -0.25) is 10.4 Å². The molecular formula is C8H15F3N4. The highest BCUT2D eigenvalue weighted by atomic mass is 19.4. The second-order valence-electron chi connectivity index (χ2n) is 3.42. The van der Waals surface area contributed by atoms with Crippen LogP contribution in [0.5, 0.6) is 0 Å². The summed E-state index contributed by atoms with van der Waals surface area (Å²) >= 11 is 0. The van der Waals surface area contributed by atoms with E-state index in [2.05, 4.69) is 10.4 Å². The summed E-state index contributed by atoms with van der Waals surface area (Å²) in [5.74, 6) is 5.28. The van der Waals surface area contributed by atoms with Crippen molar-refractivity contribution in [2.45, 2.75) is 32.0 Å². The van der Waals surface area contributed by atoms with Gasteiger partial charge in [0.15, 0.2) is 0 Å². The number of guanidine groups is 1. The van der Waals surface area contributed by atoms with Crippen molar-refractivity contribution in [3.63, 3.8) is 0 Å². The van der Waals surface area contributed by atoms with Crippen LogP contribution >= 0.6 is 0 Å². The van der Waals surface area contributed by atoms with E-state index in [4.69, 9.17) is 5.84 Å². The molecule has 0 bridgehead atoms. The van der Waals surface area contributed by atoms with Crippen molar-refractivity contribution in [2.24, 2.45) is 10.8 Å². The number of rotatable bonds is 3. The number of nitrogens with one attached hydrogen (secondary N) is 1. The van der Waals surface area contributed by atoms with Crippen molar-refractivity contribution >= 4 is 5.96 Å². The minimum atomic E-state index is -4.23. The summed E-state index contributed by atoms with van der Waals surface area (Å²) in [6, 6.07) is -0.0759. The van der Waals surface area contributed by atoms with Gasteiger partial charge in [0.05, 0.1) is 0 Å². The van der Waals surface area contributed by atoms with Crippen molar-refractivity contribution in [1.29, 1.82) is 0 Å². The Kier molecular flexibility index (Phi) is 3.78. The molecule has 0 atom stereocenters. The van der Waals surface area contributed by atoms with Crippen molar-refractivity contribution in [3.05, 3.63) is 0 Å². The van der Waals surface area contributed by atoms with Crippen molar-refractivity contribution < 1.29 is 13.2 Å². The average Bonchev–Trinajstić information content (AvgIpc) is 2.92. The van der Waals surface area contributed by atoms with Crippen LogP contribution in [-0.4, -0.2) is 36.2 Å². The van der Waals surface area contributed by atoms with Crippen LogP contribution in [0.4, 0.5) is 13.2 Å². The predicted molar refractivity (Wildman–Crippen MR) is 51.1 cm³/mol. The number of halogens is 3. The molecule has 0 amide bonds. The van der Waals surface area contributed by atoms with Gasteiger partial charge in [0, 0.05) is 12.6 Å². The molecule has 0 aliphatic heterocycles. The van der Waals surface area contributed by atoms with Gasteiger partial charge in [-0.2, -0.15) is 13.2 Å². The lowest BCUT2D eigenvalue weighted by Gasteiger charge is -2.26. The lowest BCUT2D eigenvalue weighted by molar-refractivity contribution is -0.139. The molecule has 0 aromatic rings. The Morgan fingerprint density at radius 1 is 1.53 bits per heavy atom. The summed E-state index contributed by atoms with van der Waals surface area (Å²) in [4.78, 5) is 5.08. The number of hydrogen-bond donors (Lipinski definition) is 2. The van der Waals surface area contributed by atoms with E-state index in [9.17, 15) is 13.2 Å². The summed E-state index contributed by atoms with van der Waals surface area (Å²) in [6.07, 6.45) is -2.70. The van der Waals surface area contributed by atoms with Crippen LogP contribution in [0.1, 0.15) is 19.8 Å². The van der Waals surface area contributed by atoms with E-state index in [1.165, 1.54) is 4.90 Å². The molecular weight excluding hydrogens is 209 g/mol. The fourth-order valence-electron chi connectivity index (χ4n) is 1.33. The third-order valence-corrected chi connectivity index (χ3v) is 2.05. The molecule has 3 N–H and O–H groups in total. The summed E-state index contributed by atoms with van der Waals surface area (Å²) in [7, 11) is 0. The maximum atomic E-state index is 12.3. The summed E-state index contributed by atoms with van der Waals surface area (Å²) < 4.78 is 36.8. The number of nitrogens with zero attached hydrogens (tertiary/aromatic N) is 2. The zero-order chi connectivity index (χ0) is 11.5. The van der Waals surface area contributed by atoms with Crippen LogP contribution in [0.25, 0.3) is 0 Å². The van der Waals surface area contributed by atoms with Crippen LogP contribution in [0.3, 0.4) is 0 Å². The molecule has 0 aromatic heterocycles. The Morgan fingerprint density at radius 3 is 2.47 bits per heavy atom. The van der Waals surface area contributed by atoms with E-state index in [1.54, 1.807) is 6.92 Å². The molecule has 15 heavy (non-hydrogen) atoms. The first kappa shape index (κ1) is 12.1. The number of hydrazine groups is 1. The number of alkyl halides is 3. The van der Waals surface area contributed by atoms with Crippen LogP contribution in [0.15, 0.2) is 4.99 Å². The summed E-state index contributed by atoms with van der Waals surface area (Å²) in [6.45, 7) is 1.15. The summed E-state index contributed by atoms with van der Waals surface area (Å²) in [5.41, 5.74) is 2.22. The molecule has 0 heterocycles. The maximum absolute atomic E-state index is 12.3. The highest BCUT2D eigenvalue weighted by Gasteiger charge is 2.39. The minimum Gasteiger partial charge on any atom is -0.330 e. The Balaban J connectivity index is 2.68. The molecule has 0 saturated heterocycles. The third kappa shape index (κ3) is 3.94. The van der Waals surface area contributed by atoms with Gasteiger partial charge in [-0.05, 0) is 19.8 Å². The zero-order valence-corrected chi connectivity index (χ0v) is 8.51. The maximum Gasteiger partial charge on any atom is 0.406 e. The van der Waals surface area contributed by atoms with E-state index in [1.807, 2.05) is 0 Å². The largest absolute Gasteiger partial charge is 0.406 e. The molecule has 0 unspecified atom stereocenters.